The molecule has 2 aromatic heterocycles. The Kier molecular flexibility index (Phi) is 2.83. The van der Waals surface area contributed by atoms with E-state index in [2.05, 4.69) is 41.1 Å². The van der Waals surface area contributed by atoms with E-state index in [-0.39, 0.29) is 0 Å². The molecule has 5 nitrogen and oxygen atoms in total. The molecule has 2 heterocycles. The normalized spacial score (nSPS) is 11.3. The maximum atomic E-state index is 5.17. The van der Waals surface area contributed by atoms with Gasteiger partial charge in [0.15, 0.2) is 11.6 Å². The molecule has 98 valence electrons. The Morgan fingerprint density at radius 1 is 1.21 bits per heavy atom. The van der Waals surface area contributed by atoms with E-state index in [9.17, 15) is 0 Å². The van der Waals surface area contributed by atoms with Crippen LogP contribution in [0.3, 0.4) is 0 Å². The van der Waals surface area contributed by atoms with Crippen molar-refractivity contribution in [2.24, 2.45) is 0 Å². The number of aromatic amines is 1. The van der Waals surface area contributed by atoms with Gasteiger partial charge in [-0.3, -0.25) is 0 Å². The lowest BCUT2D eigenvalue weighted by molar-refractivity contribution is 0.156. The molecule has 3 aromatic rings. The Morgan fingerprint density at radius 2 is 2.00 bits per heavy atom. The predicted molar refractivity (Wildman–Crippen MR) is 71.8 cm³/mol. The molecule has 0 bridgehead atoms. The molecule has 0 aliphatic rings. The van der Waals surface area contributed by atoms with E-state index >= 15 is 0 Å². The largest absolute Gasteiger partial charge is 0.377 e. The van der Waals surface area contributed by atoms with Gasteiger partial charge in [-0.25, -0.2) is 4.98 Å². The number of methoxy groups -OCH3 is 1. The highest BCUT2D eigenvalue weighted by atomic mass is 16.5. The lowest BCUT2D eigenvalue weighted by atomic mass is 10.1. The van der Waals surface area contributed by atoms with Crippen LogP contribution in [0.15, 0.2) is 22.7 Å². The van der Waals surface area contributed by atoms with Crippen molar-refractivity contribution < 1.29 is 9.26 Å². The van der Waals surface area contributed by atoms with Crippen LogP contribution in [0.1, 0.15) is 16.9 Å². The van der Waals surface area contributed by atoms with Crippen LogP contribution in [-0.4, -0.2) is 22.2 Å². The fourth-order valence-electron chi connectivity index (χ4n) is 2.03. The van der Waals surface area contributed by atoms with Crippen LogP contribution in [0, 0.1) is 13.8 Å². The molecule has 1 N–H and O–H groups in total. The van der Waals surface area contributed by atoms with E-state index in [4.69, 9.17) is 9.26 Å². The van der Waals surface area contributed by atoms with Crippen molar-refractivity contribution in [3.8, 4) is 11.5 Å². The number of aryl methyl sites for hydroxylation is 2. The monoisotopic (exact) mass is 257 g/mol. The highest BCUT2D eigenvalue weighted by Gasteiger charge is 2.11. The van der Waals surface area contributed by atoms with Crippen molar-refractivity contribution in [1.29, 1.82) is 0 Å². The van der Waals surface area contributed by atoms with Gasteiger partial charge in [0.05, 0.1) is 11.0 Å². The van der Waals surface area contributed by atoms with Crippen LogP contribution in [-0.2, 0) is 11.3 Å². The molecule has 0 aliphatic carbocycles. The standard InChI is InChI=1S/C14H15N3O2/c1-8-4-11-12(5-9(8)2)16-14(15-11)13-6-10(7-18-3)19-17-13/h4-6H,7H2,1-3H3,(H,15,16). The summed E-state index contributed by atoms with van der Waals surface area (Å²) in [6, 6.07) is 6.00. The molecule has 0 spiro atoms. The molecule has 5 heteroatoms. The maximum Gasteiger partial charge on any atom is 0.163 e. The van der Waals surface area contributed by atoms with Crippen LogP contribution >= 0.6 is 0 Å². The second-order valence-electron chi connectivity index (χ2n) is 4.65. The van der Waals surface area contributed by atoms with Crippen LogP contribution in [0.25, 0.3) is 22.6 Å². The van der Waals surface area contributed by atoms with Gasteiger partial charge in [0, 0.05) is 13.2 Å². The number of nitrogens with one attached hydrogen (secondary N) is 1. The average Bonchev–Trinajstić information content (AvgIpc) is 2.97. The zero-order valence-corrected chi connectivity index (χ0v) is 11.2. The molecule has 3 rings (SSSR count). The van der Waals surface area contributed by atoms with E-state index in [0.717, 1.165) is 11.0 Å². The van der Waals surface area contributed by atoms with E-state index in [1.807, 2.05) is 6.07 Å². The number of hydrogen-bond donors (Lipinski definition) is 1. The van der Waals surface area contributed by atoms with Gasteiger partial charge in [-0.2, -0.15) is 0 Å². The number of aromatic nitrogens is 3. The van der Waals surface area contributed by atoms with Gasteiger partial charge in [0.25, 0.3) is 0 Å². The summed E-state index contributed by atoms with van der Waals surface area (Å²) >= 11 is 0. The number of nitrogens with zero attached hydrogens (tertiary/aromatic N) is 2. The van der Waals surface area contributed by atoms with Crippen molar-refractivity contribution >= 4 is 11.0 Å². The van der Waals surface area contributed by atoms with Crippen molar-refractivity contribution in [1.82, 2.24) is 15.1 Å². The number of ether oxygens (including phenoxy) is 1. The molecule has 19 heavy (non-hydrogen) atoms. The van der Waals surface area contributed by atoms with E-state index < -0.39 is 0 Å². The van der Waals surface area contributed by atoms with Crippen LogP contribution < -0.4 is 0 Å². The molecule has 0 saturated heterocycles. The summed E-state index contributed by atoms with van der Waals surface area (Å²) in [5, 5.41) is 4.00. The third-order valence-corrected chi connectivity index (χ3v) is 3.19. The lowest BCUT2D eigenvalue weighted by Crippen LogP contribution is -1.82. The van der Waals surface area contributed by atoms with Crippen LogP contribution in [0.4, 0.5) is 0 Å². The van der Waals surface area contributed by atoms with Crippen molar-refractivity contribution in [2.45, 2.75) is 20.5 Å². The minimum absolute atomic E-state index is 0.408. The van der Waals surface area contributed by atoms with Gasteiger partial charge in [0.2, 0.25) is 0 Å². The first-order valence-corrected chi connectivity index (χ1v) is 6.09. The summed E-state index contributed by atoms with van der Waals surface area (Å²) in [6.45, 7) is 4.57. The van der Waals surface area contributed by atoms with Crippen molar-refractivity contribution in [2.75, 3.05) is 7.11 Å². The summed E-state index contributed by atoms with van der Waals surface area (Å²) < 4.78 is 10.2. The number of H-pyrrole nitrogens is 1. The Hall–Kier alpha value is -2.14. The summed E-state index contributed by atoms with van der Waals surface area (Å²) in [4.78, 5) is 7.80. The van der Waals surface area contributed by atoms with Gasteiger partial charge in [-0.15, -0.1) is 0 Å². The molecule has 1 aromatic carbocycles. The molecule has 0 saturated carbocycles. The van der Waals surface area contributed by atoms with E-state index in [0.29, 0.717) is 23.9 Å². The Labute approximate surface area is 110 Å². The topological polar surface area (TPSA) is 63.9 Å². The van der Waals surface area contributed by atoms with Gasteiger partial charge < -0.3 is 14.2 Å². The fourth-order valence-corrected chi connectivity index (χ4v) is 2.03. The predicted octanol–water partition coefficient (Wildman–Crippen LogP) is 2.98. The summed E-state index contributed by atoms with van der Waals surface area (Å²) in [7, 11) is 1.62. The van der Waals surface area contributed by atoms with Gasteiger partial charge in [-0.05, 0) is 37.1 Å². The summed E-state index contributed by atoms with van der Waals surface area (Å²) in [5.41, 5.74) is 5.11. The zero-order chi connectivity index (χ0) is 13.4. The maximum absolute atomic E-state index is 5.17. The average molecular weight is 257 g/mol. The van der Waals surface area contributed by atoms with E-state index in [1.165, 1.54) is 11.1 Å². The highest BCUT2D eigenvalue weighted by molar-refractivity contribution is 5.80. The molecule has 0 amide bonds. The molecular formula is C14H15N3O2. The highest BCUT2D eigenvalue weighted by Crippen LogP contribution is 2.22. The quantitative estimate of drug-likeness (QED) is 0.783. The molecular weight excluding hydrogens is 242 g/mol. The summed E-state index contributed by atoms with van der Waals surface area (Å²) in [5.74, 6) is 1.40. The molecule has 0 radical (unpaired) electrons. The molecule has 0 atom stereocenters. The van der Waals surface area contributed by atoms with Gasteiger partial charge in [0.1, 0.15) is 12.3 Å². The second kappa shape index (κ2) is 4.51. The SMILES string of the molecule is COCc1cc(-c2nc3cc(C)c(C)cc3[nH]2)no1. The van der Waals surface area contributed by atoms with Crippen LogP contribution in [0.2, 0.25) is 0 Å². The van der Waals surface area contributed by atoms with Gasteiger partial charge >= 0.3 is 0 Å². The summed E-state index contributed by atoms with van der Waals surface area (Å²) in [6.07, 6.45) is 0. The number of imidazole rings is 1. The minimum Gasteiger partial charge on any atom is -0.377 e. The first-order valence-electron chi connectivity index (χ1n) is 6.09. The molecule has 0 aliphatic heterocycles. The number of rotatable bonds is 3. The lowest BCUT2D eigenvalue weighted by Gasteiger charge is -1.97. The first-order chi connectivity index (χ1) is 9.17. The number of benzene rings is 1. The number of hydrogen-bond acceptors (Lipinski definition) is 4. The van der Waals surface area contributed by atoms with Gasteiger partial charge in [-0.1, -0.05) is 5.16 Å². The third-order valence-electron chi connectivity index (χ3n) is 3.19. The Morgan fingerprint density at radius 3 is 2.79 bits per heavy atom. The fraction of sp³-hybridized carbons (Fsp3) is 0.286. The molecule has 0 unspecified atom stereocenters. The number of fused-ring (bicyclic) bond motifs is 1. The van der Waals surface area contributed by atoms with E-state index in [1.54, 1.807) is 7.11 Å². The first kappa shape index (κ1) is 11.9. The second-order valence-corrected chi connectivity index (χ2v) is 4.65. The zero-order valence-electron chi connectivity index (χ0n) is 11.2. The Bertz CT molecular complexity index is 688. The Balaban J connectivity index is 2.04. The molecule has 0 fully saturated rings. The minimum atomic E-state index is 0.408. The van der Waals surface area contributed by atoms with Crippen LogP contribution in [0.5, 0.6) is 0 Å². The van der Waals surface area contributed by atoms with Crippen molar-refractivity contribution in [3.05, 3.63) is 35.1 Å². The van der Waals surface area contributed by atoms with Crippen molar-refractivity contribution in [3.63, 3.8) is 0 Å². The smallest absolute Gasteiger partial charge is 0.163 e. The third kappa shape index (κ3) is 2.13.